The fraction of sp³-hybridized carbons (Fsp3) is 0.833. The van der Waals surface area contributed by atoms with E-state index >= 15 is 0 Å². The number of hydrogen-bond acceptors (Lipinski definition) is 4. The summed E-state index contributed by atoms with van der Waals surface area (Å²) in [6.07, 6.45) is -0.722. The summed E-state index contributed by atoms with van der Waals surface area (Å²) in [5, 5.41) is 15.0. The van der Waals surface area contributed by atoms with Gasteiger partial charge in [-0.05, 0) is 21.0 Å². The van der Waals surface area contributed by atoms with Crippen molar-refractivity contribution in [3.05, 3.63) is 0 Å². The first-order valence-corrected chi connectivity index (χ1v) is 6.25. The molecule has 1 saturated heterocycles. The van der Waals surface area contributed by atoms with E-state index in [4.69, 9.17) is 0 Å². The van der Waals surface area contributed by atoms with E-state index in [1.807, 2.05) is 19.0 Å². The predicted molar refractivity (Wildman–Crippen MR) is 67.8 cm³/mol. The largest absolute Gasteiger partial charge is 0.393 e. The fourth-order valence-corrected chi connectivity index (χ4v) is 2.10. The quantitative estimate of drug-likeness (QED) is 0.522. The molecule has 0 aromatic carbocycles. The zero-order valence-electron chi connectivity index (χ0n) is 11.4. The van der Waals surface area contributed by atoms with Crippen molar-refractivity contribution in [1.29, 1.82) is 0 Å². The number of hydrogen-bond donors (Lipinski definition) is 3. The van der Waals surface area contributed by atoms with Gasteiger partial charge >= 0.3 is 0 Å². The van der Waals surface area contributed by atoms with E-state index < -0.39 is 12.0 Å². The first kappa shape index (κ1) is 14.9. The normalized spacial score (nSPS) is 26.2. The third-order valence-corrected chi connectivity index (χ3v) is 3.33. The highest BCUT2D eigenvalue weighted by Gasteiger charge is 2.46. The number of rotatable bonds is 6. The molecular formula is C12H23N3O3. The maximum absolute atomic E-state index is 11.9. The molecule has 0 spiro atoms. The summed E-state index contributed by atoms with van der Waals surface area (Å²) < 4.78 is 0. The average molecular weight is 257 g/mol. The summed E-state index contributed by atoms with van der Waals surface area (Å²) in [6.45, 7) is 4.70. The lowest BCUT2D eigenvalue weighted by Crippen LogP contribution is -2.66. The Morgan fingerprint density at radius 2 is 2.11 bits per heavy atom. The molecule has 6 heteroatoms. The number of nitrogens with one attached hydrogen (secondary N) is 2. The number of carbonyl (C=O) groups is 2. The average Bonchev–Trinajstić information content (AvgIpc) is 2.23. The maximum Gasteiger partial charge on any atom is 0.228 e. The van der Waals surface area contributed by atoms with Gasteiger partial charge in [0.1, 0.15) is 0 Å². The molecule has 0 aromatic rings. The Morgan fingerprint density at radius 1 is 1.50 bits per heavy atom. The van der Waals surface area contributed by atoms with Gasteiger partial charge in [-0.2, -0.15) is 0 Å². The summed E-state index contributed by atoms with van der Waals surface area (Å²) >= 11 is 0. The SMILES string of the molecule is CC(C(=O)NCCN(C)C)[C@H]1NC(=O)[C@@H]1C(C)O. The van der Waals surface area contributed by atoms with Gasteiger partial charge in [-0.25, -0.2) is 0 Å². The second kappa shape index (κ2) is 6.15. The number of likely N-dealkylation sites (N-methyl/N-ethyl adjacent to an activating group) is 1. The summed E-state index contributed by atoms with van der Waals surface area (Å²) in [6, 6.07) is -0.267. The van der Waals surface area contributed by atoms with Crippen LogP contribution in [0.25, 0.3) is 0 Å². The number of amides is 2. The molecule has 6 nitrogen and oxygen atoms in total. The van der Waals surface area contributed by atoms with Gasteiger partial charge in [-0.3, -0.25) is 9.59 Å². The number of aliphatic hydroxyl groups excluding tert-OH is 1. The molecule has 1 aliphatic heterocycles. The third kappa shape index (κ3) is 3.43. The van der Waals surface area contributed by atoms with E-state index in [0.717, 1.165) is 6.54 Å². The van der Waals surface area contributed by atoms with Crippen LogP contribution in [-0.4, -0.2) is 61.2 Å². The topological polar surface area (TPSA) is 81.7 Å². The van der Waals surface area contributed by atoms with Crippen molar-refractivity contribution in [1.82, 2.24) is 15.5 Å². The predicted octanol–water partition coefficient (Wildman–Crippen LogP) is -1.20. The van der Waals surface area contributed by atoms with Crippen LogP contribution < -0.4 is 10.6 Å². The van der Waals surface area contributed by atoms with Crippen molar-refractivity contribution >= 4 is 11.8 Å². The van der Waals surface area contributed by atoms with E-state index in [1.165, 1.54) is 0 Å². The smallest absolute Gasteiger partial charge is 0.228 e. The minimum Gasteiger partial charge on any atom is -0.393 e. The second-order valence-corrected chi connectivity index (χ2v) is 5.18. The van der Waals surface area contributed by atoms with Gasteiger partial charge in [0.05, 0.1) is 24.0 Å². The molecule has 0 saturated carbocycles. The van der Waals surface area contributed by atoms with E-state index in [9.17, 15) is 14.7 Å². The van der Waals surface area contributed by atoms with Crippen molar-refractivity contribution in [3.63, 3.8) is 0 Å². The minimum atomic E-state index is -0.722. The zero-order chi connectivity index (χ0) is 13.9. The van der Waals surface area contributed by atoms with Gasteiger partial charge < -0.3 is 20.6 Å². The number of β-lactam (4-membered cyclic amide) rings is 1. The Hall–Kier alpha value is -1.14. The van der Waals surface area contributed by atoms with Gasteiger partial charge in [-0.1, -0.05) is 6.92 Å². The standard InChI is InChI=1S/C12H23N3O3/c1-7(11(17)13-5-6-15(3)4)10-9(8(2)16)12(18)14-10/h7-10,16H,5-6H2,1-4H3,(H,13,17)(H,14,18)/t7?,8?,9-,10-/m1/s1. The summed E-state index contributed by atoms with van der Waals surface area (Å²) in [4.78, 5) is 25.2. The Kier molecular flexibility index (Phi) is 5.10. The Balaban J connectivity index is 2.42. The van der Waals surface area contributed by atoms with Crippen LogP contribution in [0.5, 0.6) is 0 Å². The number of carbonyl (C=O) groups excluding carboxylic acids is 2. The van der Waals surface area contributed by atoms with E-state index in [0.29, 0.717) is 6.54 Å². The highest BCUT2D eigenvalue weighted by molar-refractivity contribution is 5.90. The van der Waals surface area contributed by atoms with E-state index in [2.05, 4.69) is 10.6 Å². The van der Waals surface area contributed by atoms with Crippen LogP contribution in [0.1, 0.15) is 13.8 Å². The number of aliphatic hydroxyl groups is 1. The molecule has 1 heterocycles. The van der Waals surface area contributed by atoms with Gasteiger partial charge in [0, 0.05) is 13.1 Å². The zero-order valence-corrected chi connectivity index (χ0v) is 11.4. The molecule has 1 rings (SSSR count). The maximum atomic E-state index is 11.9. The monoisotopic (exact) mass is 257 g/mol. The van der Waals surface area contributed by atoms with Crippen molar-refractivity contribution < 1.29 is 14.7 Å². The first-order valence-electron chi connectivity index (χ1n) is 6.25. The van der Waals surface area contributed by atoms with E-state index in [1.54, 1.807) is 13.8 Å². The van der Waals surface area contributed by atoms with Crippen LogP contribution >= 0.6 is 0 Å². The lowest BCUT2D eigenvalue weighted by Gasteiger charge is -2.41. The van der Waals surface area contributed by atoms with Crippen LogP contribution in [0.2, 0.25) is 0 Å². The van der Waals surface area contributed by atoms with Crippen LogP contribution in [0.3, 0.4) is 0 Å². The molecule has 0 aliphatic carbocycles. The Morgan fingerprint density at radius 3 is 2.56 bits per heavy atom. The van der Waals surface area contributed by atoms with Crippen LogP contribution in [-0.2, 0) is 9.59 Å². The lowest BCUT2D eigenvalue weighted by molar-refractivity contribution is -0.145. The van der Waals surface area contributed by atoms with E-state index in [-0.39, 0.29) is 23.8 Å². The molecule has 4 atom stereocenters. The van der Waals surface area contributed by atoms with Crippen molar-refractivity contribution in [3.8, 4) is 0 Å². The Labute approximate surface area is 108 Å². The molecular weight excluding hydrogens is 234 g/mol. The van der Waals surface area contributed by atoms with Crippen molar-refractivity contribution in [2.45, 2.75) is 26.0 Å². The molecule has 0 bridgehead atoms. The molecule has 1 aliphatic rings. The molecule has 0 radical (unpaired) electrons. The minimum absolute atomic E-state index is 0.0903. The fourth-order valence-electron chi connectivity index (χ4n) is 2.10. The third-order valence-electron chi connectivity index (χ3n) is 3.33. The van der Waals surface area contributed by atoms with Gasteiger partial charge in [0.25, 0.3) is 0 Å². The molecule has 2 amide bonds. The molecule has 1 fully saturated rings. The highest BCUT2D eigenvalue weighted by atomic mass is 16.3. The Bertz CT molecular complexity index is 318. The van der Waals surface area contributed by atoms with Gasteiger partial charge in [0.2, 0.25) is 11.8 Å². The molecule has 18 heavy (non-hydrogen) atoms. The summed E-state index contributed by atoms with van der Waals surface area (Å²) in [7, 11) is 3.87. The molecule has 3 N–H and O–H groups in total. The molecule has 0 aromatic heterocycles. The van der Waals surface area contributed by atoms with Crippen LogP contribution in [0, 0.1) is 11.8 Å². The number of nitrogens with zero attached hydrogens (tertiary/aromatic N) is 1. The lowest BCUT2D eigenvalue weighted by atomic mass is 9.78. The molecule has 104 valence electrons. The van der Waals surface area contributed by atoms with Crippen molar-refractivity contribution in [2.75, 3.05) is 27.2 Å². The van der Waals surface area contributed by atoms with Crippen LogP contribution in [0.4, 0.5) is 0 Å². The van der Waals surface area contributed by atoms with Crippen molar-refractivity contribution in [2.24, 2.45) is 11.8 Å². The summed E-state index contributed by atoms with van der Waals surface area (Å²) in [5.41, 5.74) is 0. The van der Waals surface area contributed by atoms with Crippen LogP contribution in [0.15, 0.2) is 0 Å². The van der Waals surface area contributed by atoms with Gasteiger partial charge in [-0.15, -0.1) is 0 Å². The first-order chi connectivity index (χ1) is 8.34. The molecule has 2 unspecified atom stereocenters. The highest BCUT2D eigenvalue weighted by Crippen LogP contribution is 2.25. The van der Waals surface area contributed by atoms with Gasteiger partial charge in [0.15, 0.2) is 0 Å². The second-order valence-electron chi connectivity index (χ2n) is 5.18. The summed E-state index contributed by atoms with van der Waals surface area (Å²) in [5.74, 6) is -1.07.